The van der Waals surface area contributed by atoms with E-state index in [0.29, 0.717) is 0 Å². The molecule has 0 amide bonds. The van der Waals surface area contributed by atoms with E-state index in [0.717, 1.165) is 45.6 Å². The molecule has 6 nitrogen and oxygen atoms in total. The van der Waals surface area contributed by atoms with E-state index in [2.05, 4.69) is 33.8 Å². The van der Waals surface area contributed by atoms with Crippen molar-refractivity contribution in [2.75, 3.05) is 0 Å². The van der Waals surface area contributed by atoms with Gasteiger partial charge in [-0.15, -0.1) is 10.2 Å². The highest BCUT2D eigenvalue weighted by molar-refractivity contribution is 7.19. The van der Waals surface area contributed by atoms with E-state index in [1.165, 1.54) is 0 Å². The van der Waals surface area contributed by atoms with Crippen molar-refractivity contribution >= 4 is 27.6 Å². The van der Waals surface area contributed by atoms with Crippen LogP contribution >= 0.6 is 22.7 Å². The van der Waals surface area contributed by atoms with Gasteiger partial charge in [-0.2, -0.15) is 26.0 Å². The zero-order valence-corrected chi connectivity index (χ0v) is 13.9. The normalized spacial score (nSPS) is 11.5. The van der Waals surface area contributed by atoms with Crippen LogP contribution < -0.4 is 0 Å². The van der Waals surface area contributed by atoms with Gasteiger partial charge in [0.15, 0.2) is 10.8 Å². The Kier molecular flexibility index (Phi) is 3.27. The molecule has 0 N–H and O–H groups in total. The predicted octanol–water partition coefficient (Wildman–Crippen LogP) is 3.50. The van der Waals surface area contributed by atoms with Gasteiger partial charge in [0.1, 0.15) is 0 Å². The fourth-order valence-corrected chi connectivity index (χ4v) is 3.90. The van der Waals surface area contributed by atoms with Crippen molar-refractivity contribution in [2.45, 2.75) is 26.8 Å². The highest BCUT2D eigenvalue weighted by Crippen LogP contribution is 2.30. The Balaban J connectivity index is 1.80. The van der Waals surface area contributed by atoms with Gasteiger partial charge in [0.25, 0.3) is 0 Å². The maximum absolute atomic E-state index is 4.69. The number of hydrogen-bond acceptors (Lipinski definition) is 6. The molecule has 0 aliphatic heterocycles. The summed E-state index contributed by atoms with van der Waals surface area (Å²) in [6.07, 6.45) is 3.13. The summed E-state index contributed by atoms with van der Waals surface area (Å²) in [6, 6.07) is 2.03. The van der Waals surface area contributed by atoms with Crippen LogP contribution in [0.15, 0.2) is 23.0 Å². The molecule has 4 heterocycles. The molecule has 4 rings (SSSR count). The van der Waals surface area contributed by atoms with E-state index >= 15 is 0 Å². The summed E-state index contributed by atoms with van der Waals surface area (Å²) >= 11 is 3.18. The molecule has 0 aromatic carbocycles. The molecule has 0 aliphatic carbocycles. The Morgan fingerprint density at radius 3 is 2.91 bits per heavy atom. The molecule has 0 spiro atoms. The van der Waals surface area contributed by atoms with Crippen molar-refractivity contribution in [3.8, 4) is 22.0 Å². The summed E-state index contributed by atoms with van der Waals surface area (Å²) in [6.45, 7) is 5.09. The van der Waals surface area contributed by atoms with Gasteiger partial charge >= 0.3 is 0 Å². The highest BCUT2D eigenvalue weighted by Gasteiger charge is 2.17. The molecule has 0 radical (unpaired) electrons. The summed E-state index contributed by atoms with van der Waals surface area (Å²) in [4.78, 5) is 0.804. The average molecular weight is 330 g/mol. The van der Waals surface area contributed by atoms with E-state index in [-0.39, 0.29) is 0 Å². The summed E-state index contributed by atoms with van der Waals surface area (Å²) in [7, 11) is 0. The molecular weight excluding hydrogens is 316 g/mol. The van der Waals surface area contributed by atoms with Crippen LogP contribution in [0.25, 0.3) is 26.9 Å². The minimum Gasteiger partial charge on any atom is -0.272 e. The minimum atomic E-state index is 0.789. The molecule has 0 unspecified atom stereocenters. The smallest absolute Gasteiger partial charge is 0.235 e. The van der Waals surface area contributed by atoms with Crippen LogP contribution in [0.5, 0.6) is 0 Å². The predicted molar refractivity (Wildman–Crippen MR) is 88.2 cm³/mol. The summed E-state index contributed by atoms with van der Waals surface area (Å²) < 4.78 is 3.80. The molecular formula is C14H14N6S2. The SMILES string of the molecule is CCCn1cc(-c2nn3c(-c4ccsc4)nnc3s2)c(C)n1. The maximum Gasteiger partial charge on any atom is 0.235 e. The molecule has 0 bridgehead atoms. The molecule has 112 valence electrons. The lowest BCUT2D eigenvalue weighted by molar-refractivity contribution is 0.598. The van der Waals surface area contributed by atoms with Crippen LogP contribution in [0, 0.1) is 6.92 Å². The van der Waals surface area contributed by atoms with E-state index in [9.17, 15) is 0 Å². The lowest BCUT2D eigenvalue weighted by atomic mass is 10.3. The first-order valence-corrected chi connectivity index (χ1v) is 8.81. The van der Waals surface area contributed by atoms with Gasteiger partial charge in [0, 0.05) is 23.7 Å². The standard InChI is InChI=1S/C14H14N6S2/c1-3-5-19-7-11(9(2)17-19)13-18-20-12(10-4-6-21-8-10)15-16-14(20)22-13/h4,6-8H,3,5H2,1-2H3. The molecule has 0 saturated carbocycles. The quantitative estimate of drug-likeness (QED) is 0.574. The Hall–Kier alpha value is -2.06. The second kappa shape index (κ2) is 5.29. The first-order valence-electron chi connectivity index (χ1n) is 7.05. The fraction of sp³-hybridized carbons (Fsp3) is 0.286. The number of aryl methyl sites for hydroxylation is 2. The van der Waals surface area contributed by atoms with E-state index in [1.807, 2.05) is 27.6 Å². The van der Waals surface area contributed by atoms with E-state index < -0.39 is 0 Å². The van der Waals surface area contributed by atoms with Crippen LogP contribution in [0.3, 0.4) is 0 Å². The maximum atomic E-state index is 4.69. The first-order chi connectivity index (χ1) is 10.8. The van der Waals surface area contributed by atoms with Crippen molar-refractivity contribution in [3.05, 3.63) is 28.7 Å². The average Bonchev–Trinajstić information content (AvgIpc) is 3.21. The molecule has 4 aromatic rings. The molecule has 22 heavy (non-hydrogen) atoms. The molecule has 0 saturated heterocycles. The van der Waals surface area contributed by atoms with Crippen molar-refractivity contribution in [1.82, 2.24) is 29.6 Å². The third-order valence-corrected chi connectivity index (χ3v) is 5.02. The topological polar surface area (TPSA) is 60.9 Å². The Morgan fingerprint density at radius 1 is 1.23 bits per heavy atom. The van der Waals surface area contributed by atoms with Crippen molar-refractivity contribution in [2.24, 2.45) is 0 Å². The van der Waals surface area contributed by atoms with Gasteiger partial charge in [-0.25, -0.2) is 0 Å². The number of fused-ring (bicyclic) bond motifs is 1. The number of rotatable bonds is 4. The van der Waals surface area contributed by atoms with Crippen LogP contribution in [-0.2, 0) is 6.54 Å². The molecule has 0 atom stereocenters. The highest BCUT2D eigenvalue weighted by atomic mass is 32.1. The van der Waals surface area contributed by atoms with Crippen LogP contribution in [0.2, 0.25) is 0 Å². The van der Waals surface area contributed by atoms with Crippen LogP contribution in [0.4, 0.5) is 0 Å². The third-order valence-electron chi connectivity index (χ3n) is 3.40. The van der Waals surface area contributed by atoms with Crippen LogP contribution in [0.1, 0.15) is 19.0 Å². The zero-order valence-electron chi connectivity index (χ0n) is 12.2. The first kappa shape index (κ1) is 13.6. The number of hydrogen-bond donors (Lipinski definition) is 0. The summed E-state index contributed by atoms with van der Waals surface area (Å²) in [5.41, 5.74) is 3.11. The van der Waals surface area contributed by atoms with Gasteiger partial charge < -0.3 is 0 Å². The lowest BCUT2D eigenvalue weighted by Crippen LogP contribution is -1.96. The van der Waals surface area contributed by atoms with Crippen LogP contribution in [-0.4, -0.2) is 29.6 Å². The number of nitrogens with zero attached hydrogens (tertiary/aromatic N) is 6. The Labute approximate surface area is 135 Å². The summed E-state index contributed by atoms with van der Waals surface area (Å²) in [5, 5.41) is 22.7. The van der Waals surface area contributed by atoms with Crippen molar-refractivity contribution < 1.29 is 0 Å². The van der Waals surface area contributed by atoms with Crippen molar-refractivity contribution in [1.29, 1.82) is 0 Å². The molecule has 0 aliphatic rings. The van der Waals surface area contributed by atoms with Gasteiger partial charge in [0.05, 0.1) is 11.3 Å². The Morgan fingerprint density at radius 2 is 2.14 bits per heavy atom. The minimum absolute atomic E-state index is 0.789. The summed E-state index contributed by atoms with van der Waals surface area (Å²) in [5.74, 6) is 0.789. The van der Waals surface area contributed by atoms with Gasteiger partial charge in [0.2, 0.25) is 4.96 Å². The monoisotopic (exact) mass is 330 g/mol. The lowest BCUT2D eigenvalue weighted by Gasteiger charge is -1.94. The van der Waals surface area contributed by atoms with Gasteiger partial charge in [-0.3, -0.25) is 4.68 Å². The molecule has 4 aromatic heterocycles. The molecule has 8 heteroatoms. The largest absolute Gasteiger partial charge is 0.272 e. The fourth-order valence-electron chi connectivity index (χ4n) is 2.37. The van der Waals surface area contributed by atoms with E-state index in [4.69, 9.17) is 5.10 Å². The number of aromatic nitrogens is 6. The molecule has 0 fully saturated rings. The zero-order chi connectivity index (χ0) is 15.1. The number of thiophene rings is 1. The third kappa shape index (κ3) is 2.15. The van der Waals surface area contributed by atoms with Crippen molar-refractivity contribution in [3.63, 3.8) is 0 Å². The second-order valence-electron chi connectivity index (χ2n) is 5.03. The van der Waals surface area contributed by atoms with Gasteiger partial charge in [-0.1, -0.05) is 18.3 Å². The van der Waals surface area contributed by atoms with E-state index in [1.54, 1.807) is 22.7 Å². The second-order valence-corrected chi connectivity index (χ2v) is 6.76. The Bertz CT molecular complexity index is 915. The van der Waals surface area contributed by atoms with Gasteiger partial charge in [-0.05, 0) is 24.8 Å².